The van der Waals surface area contributed by atoms with Crippen molar-refractivity contribution in [1.82, 2.24) is 0 Å². The van der Waals surface area contributed by atoms with Gasteiger partial charge in [0.1, 0.15) is 0 Å². The van der Waals surface area contributed by atoms with Crippen molar-refractivity contribution in [2.75, 3.05) is 0 Å². The molecule has 3 heteroatoms. The minimum absolute atomic E-state index is 0.0117. The second-order valence-electron chi connectivity index (χ2n) is 3.31. The van der Waals surface area contributed by atoms with E-state index in [1.807, 2.05) is 27.7 Å². The molecule has 0 rings (SSSR count). The predicted molar refractivity (Wildman–Crippen MR) is 46.9 cm³/mol. The Morgan fingerprint density at radius 3 is 1.50 bits per heavy atom. The first-order valence-electron chi connectivity index (χ1n) is 4.25. The van der Waals surface area contributed by atoms with Crippen molar-refractivity contribution in [2.45, 2.75) is 53.1 Å². The maximum Gasteiger partial charge on any atom is 0.217 e. The van der Waals surface area contributed by atoms with Crippen LogP contribution in [-0.2, 0) is 14.3 Å². The lowest BCUT2D eigenvalue weighted by Crippen LogP contribution is -2.30. The number of hydrogen-bond acceptors (Lipinski definition) is 3. The molecule has 0 aliphatic rings. The van der Waals surface area contributed by atoms with Gasteiger partial charge in [-0.2, -0.15) is 0 Å². The Bertz CT molecular complexity index is 131. The van der Waals surface area contributed by atoms with Gasteiger partial charge in [0.25, 0.3) is 0 Å². The molecule has 0 radical (unpaired) electrons. The Morgan fingerprint density at radius 2 is 1.33 bits per heavy atom. The highest BCUT2D eigenvalue weighted by Crippen LogP contribution is 2.04. The fraction of sp³-hybridized carbons (Fsp3) is 0.889. The molecule has 0 fully saturated rings. The van der Waals surface area contributed by atoms with Crippen molar-refractivity contribution in [2.24, 2.45) is 0 Å². The van der Waals surface area contributed by atoms with Crippen LogP contribution in [0.15, 0.2) is 0 Å². The van der Waals surface area contributed by atoms with E-state index in [9.17, 15) is 4.79 Å². The van der Waals surface area contributed by atoms with Gasteiger partial charge in [-0.1, -0.05) is 0 Å². The average Bonchev–Trinajstić information content (AvgIpc) is 1.83. The third-order valence-electron chi connectivity index (χ3n) is 1.12. The Hall–Kier alpha value is -0.410. The van der Waals surface area contributed by atoms with E-state index < -0.39 is 6.29 Å². The van der Waals surface area contributed by atoms with Gasteiger partial charge in [0, 0.05) is 0 Å². The third-order valence-corrected chi connectivity index (χ3v) is 1.12. The number of carbonyl (C=O) groups excluding carboxylic acids is 1. The van der Waals surface area contributed by atoms with Crippen molar-refractivity contribution >= 4 is 5.78 Å². The Balaban J connectivity index is 3.96. The Morgan fingerprint density at radius 1 is 1.00 bits per heavy atom. The molecule has 0 saturated heterocycles. The molecule has 0 amide bonds. The first-order chi connectivity index (χ1) is 5.43. The molecule has 0 aromatic rings. The quantitative estimate of drug-likeness (QED) is 0.596. The highest BCUT2D eigenvalue weighted by Gasteiger charge is 2.17. The number of carbonyl (C=O) groups is 1. The maximum atomic E-state index is 11.0. The molecule has 0 aliphatic heterocycles. The number of ether oxygens (including phenoxy) is 2. The van der Waals surface area contributed by atoms with E-state index in [1.165, 1.54) is 6.92 Å². The van der Waals surface area contributed by atoms with Crippen LogP contribution in [0.2, 0.25) is 0 Å². The van der Waals surface area contributed by atoms with Gasteiger partial charge in [-0.15, -0.1) is 0 Å². The van der Waals surface area contributed by atoms with E-state index in [0.29, 0.717) is 0 Å². The largest absolute Gasteiger partial charge is 0.343 e. The summed E-state index contributed by atoms with van der Waals surface area (Å²) in [6, 6.07) is 0. The van der Waals surface area contributed by atoms with Crippen molar-refractivity contribution in [1.29, 1.82) is 0 Å². The van der Waals surface area contributed by atoms with Gasteiger partial charge in [-0.3, -0.25) is 4.79 Å². The molecule has 0 aromatic heterocycles. The number of Topliss-reactive ketones (excluding diaryl/α,β-unsaturated/α-hetero) is 1. The summed E-state index contributed by atoms with van der Waals surface area (Å²) in [6.45, 7) is 8.97. The van der Waals surface area contributed by atoms with Gasteiger partial charge in [0.05, 0.1) is 12.2 Å². The second-order valence-corrected chi connectivity index (χ2v) is 3.31. The number of hydrogen-bond donors (Lipinski definition) is 0. The highest BCUT2D eigenvalue weighted by atomic mass is 16.7. The minimum atomic E-state index is -0.704. The summed E-state index contributed by atoms with van der Waals surface area (Å²) in [5, 5.41) is 0. The fourth-order valence-electron chi connectivity index (χ4n) is 0.718. The standard InChI is InChI=1S/C9H18O3/c1-6(2)11-9(8(5)10)12-7(3)4/h6-7,9H,1-5H3. The van der Waals surface area contributed by atoms with E-state index in [2.05, 4.69) is 0 Å². The molecule has 0 heterocycles. The van der Waals surface area contributed by atoms with Gasteiger partial charge in [0.15, 0.2) is 5.78 Å². The van der Waals surface area contributed by atoms with Crippen molar-refractivity contribution in [3.8, 4) is 0 Å². The van der Waals surface area contributed by atoms with E-state index >= 15 is 0 Å². The fourth-order valence-corrected chi connectivity index (χ4v) is 0.718. The maximum absolute atomic E-state index is 11.0. The predicted octanol–water partition coefficient (Wildman–Crippen LogP) is 1.75. The lowest BCUT2D eigenvalue weighted by molar-refractivity contribution is -0.188. The normalized spacial score (nSPS) is 11.7. The van der Waals surface area contributed by atoms with Crippen LogP contribution in [0.1, 0.15) is 34.6 Å². The molecule has 12 heavy (non-hydrogen) atoms. The van der Waals surface area contributed by atoms with Gasteiger partial charge in [-0.05, 0) is 34.6 Å². The van der Waals surface area contributed by atoms with E-state index in [1.54, 1.807) is 0 Å². The molecule has 0 spiro atoms. The first-order valence-corrected chi connectivity index (χ1v) is 4.25. The van der Waals surface area contributed by atoms with E-state index in [-0.39, 0.29) is 18.0 Å². The van der Waals surface area contributed by atoms with Crippen molar-refractivity contribution in [3.63, 3.8) is 0 Å². The van der Waals surface area contributed by atoms with Crippen LogP contribution in [0.3, 0.4) is 0 Å². The summed E-state index contributed by atoms with van der Waals surface area (Å²) < 4.78 is 10.5. The zero-order valence-electron chi connectivity index (χ0n) is 8.46. The van der Waals surface area contributed by atoms with Crippen LogP contribution in [0.25, 0.3) is 0 Å². The van der Waals surface area contributed by atoms with Crippen LogP contribution >= 0.6 is 0 Å². The first kappa shape index (κ1) is 11.6. The third kappa shape index (κ3) is 5.27. The van der Waals surface area contributed by atoms with Gasteiger partial charge >= 0.3 is 0 Å². The Kier molecular flexibility index (Phi) is 5.09. The van der Waals surface area contributed by atoms with Crippen LogP contribution in [0.4, 0.5) is 0 Å². The lowest BCUT2D eigenvalue weighted by atomic mass is 10.4. The smallest absolute Gasteiger partial charge is 0.217 e. The van der Waals surface area contributed by atoms with Crippen molar-refractivity contribution in [3.05, 3.63) is 0 Å². The molecular weight excluding hydrogens is 156 g/mol. The van der Waals surface area contributed by atoms with Gasteiger partial charge in [0.2, 0.25) is 6.29 Å². The Labute approximate surface area is 74.0 Å². The summed E-state index contributed by atoms with van der Waals surface area (Å²) in [4.78, 5) is 11.0. The molecule has 0 aromatic carbocycles. The zero-order chi connectivity index (χ0) is 9.72. The van der Waals surface area contributed by atoms with Crippen LogP contribution in [-0.4, -0.2) is 24.3 Å². The van der Waals surface area contributed by atoms with Crippen LogP contribution in [0, 0.1) is 0 Å². The van der Waals surface area contributed by atoms with Gasteiger partial charge < -0.3 is 9.47 Å². The lowest BCUT2D eigenvalue weighted by Gasteiger charge is -2.20. The molecule has 0 saturated carbocycles. The SMILES string of the molecule is CC(=O)C(OC(C)C)OC(C)C. The summed E-state index contributed by atoms with van der Waals surface area (Å²) >= 11 is 0. The summed E-state index contributed by atoms with van der Waals surface area (Å²) in [6.07, 6.45) is -0.680. The summed E-state index contributed by atoms with van der Waals surface area (Å²) in [5.41, 5.74) is 0. The topological polar surface area (TPSA) is 35.5 Å². The molecule has 0 unspecified atom stereocenters. The monoisotopic (exact) mass is 174 g/mol. The van der Waals surface area contributed by atoms with Crippen LogP contribution in [0.5, 0.6) is 0 Å². The molecule has 0 bridgehead atoms. The number of ketones is 1. The summed E-state index contributed by atoms with van der Waals surface area (Å²) in [5.74, 6) is -0.0857. The van der Waals surface area contributed by atoms with Crippen LogP contribution < -0.4 is 0 Å². The van der Waals surface area contributed by atoms with Crippen molar-refractivity contribution < 1.29 is 14.3 Å². The molecular formula is C9H18O3. The summed E-state index contributed by atoms with van der Waals surface area (Å²) in [7, 11) is 0. The molecule has 0 aliphatic carbocycles. The highest BCUT2D eigenvalue weighted by molar-refractivity contribution is 5.79. The molecule has 0 atom stereocenters. The second kappa shape index (κ2) is 5.27. The van der Waals surface area contributed by atoms with Gasteiger partial charge in [-0.25, -0.2) is 0 Å². The van der Waals surface area contributed by atoms with E-state index in [4.69, 9.17) is 9.47 Å². The number of rotatable bonds is 5. The molecule has 0 N–H and O–H groups in total. The van der Waals surface area contributed by atoms with E-state index in [0.717, 1.165) is 0 Å². The average molecular weight is 174 g/mol. The molecule has 3 nitrogen and oxygen atoms in total. The minimum Gasteiger partial charge on any atom is -0.343 e. The molecule has 72 valence electrons. The zero-order valence-corrected chi connectivity index (χ0v) is 8.46.